The molecule has 4 N–H and O–H groups in total. The highest BCUT2D eigenvalue weighted by Gasteiger charge is 2.16. The fourth-order valence-corrected chi connectivity index (χ4v) is 2.80. The number of rotatable bonds is 5. The van der Waals surface area contributed by atoms with Crippen LogP contribution in [0, 0.1) is 5.92 Å². The predicted molar refractivity (Wildman–Crippen MR) is 87.6 cm³/mol. The molecule has 5 heteroatoms. The molecule has 1 aliphatic heterocycles. The minimum absolute atomic E-state index is 0.0863. The van der Waals surface area contributed by atoms with Crippen molar-refractivity contribution in [2.45, 2.75) is 19.3 Å². The Kier molecular flexibility index (Phi) is 5.44. The number of hydrogen-bond acceptors (Lipinski definition) is 4. The van der Waals surface area contributed by atoms with E-state index in [1.807, 2.05) is 6.07 Å². The third kappa shape index (κ3) is 4.36. The van der Waals surface area contributed by atoms with Gasteiger partial charge in [0.2, 0.25) is 0 Å². The first-order chi connectivity index (χ1) is 10.1. The van der Waals surface area contributed by atoms with E-state index in [1.54, 1.807) is 19.2 Å². The predicted octanol–water partition coefficient (Wildman–Crippen LogP) is 1.77. The van der Waals surface area contributed by atoms with Gasteiger partial charge in [-0.2, -0.15) is 0 Å². The lowest BCUT2D eigenvalue weighted by atomic mass is 9.94. The molecule has 1 fully saturated rings. The molecule has 0 bridgehead atoms. The number of nitrogens with two attached hydrogens (primary N) is 1. The summed E-state index contributed by atoms with van der Waals surface area (Å²) in [5, 5.41) is 6.03. The lowest BCUT2D eigenvalue weighted by Gasteiger charge is -2.29. The molecule has 0 unspecified atom stereocenters. The van der Waals surface area contributed by atoms with Gasteiger partial charge >= 0.3 is 0 Å². The first-order valence-corrected chi connectivity index (χ1v) is 7.64. The molecule has 2 rings (SSSR count). The molecule has 116 valence electrons. The van der Waals surface area contributed by atoms with Gasteiger partial charge in [0.1, 0.15) is 0 Å². The van der Waals surface area contributed by atoms with Crippen molar-refractivity contribution in [3.05, 3.63) is 23.8 Å². The third-order valence-corrected chi connectivity index (χ3v) is 4.22. The summed E-state index contributed by atoms with van der Waals surface area (Å²) in [4.78, 5) is 14.2. The molecule has 1 amide bonds. The molecule has 1 saturated heterocycles. The first-order valence-electron chi connectivity index (χ1n) is 7.64. The molecule has 5 nitrogen and oxygen atoms in total. The van der Waals surface area contributed by atoms with Gasteiger partial charge in [0.25, 0.3) is 5.91 Å². The van der Waals surface area contributed by atoms with Gasteiger partial charge in [-0.05, 0) is 63.5 Å². The lowest BCUT2D eigenvalue weighted by molar-refractivity contribution is 0.0964. The number of nitrogens with zero attached hydrogens (tertiary/aromatic N) is 1. The van der Waals surface area contributed by atoms with E-state index in [0.29, 0.717) is 11.3 Å². The van der Waals surface area contributed by atoms with Crippen LogP contribution < -0.4 is 16.4 Å². The van der Waals surface area contributed by atoms with Crippen molar-refractivity contribution < 1.29 is 4.79 Å². The Balaban J connectivity index is 1.90. The Bertz CT molecular complexity index is 481. The quantitative estimate of drug-likeness (QED) is 0.723. The summed E-state index contributed by atoms with van der Waals surface area (Å²) >= 11 is 0. The number of nitrogens with one attached hydrogen (secondary N) is 2. The van der Waals surface area contributed by atoms with Crippen molar-refractivity contribution in [2.75, 3.05) is 44.8 Å². The molecule has 1 aliphatic rings. The van der Waals surface area contributed by atoms with E-state index in [9.17, 15) is 4.79 Å². The number of carbonyl (C=O) groups excluding carboxylic acids is 1. The van der Waals surface area contributed by atoms with E-state index >= 15 is 0 Å². The summed E-state index contributed by atoms with van der Waals surface area (Å²) in [6.07, 6.45) is 3.66. The molecule has 0 spiro atoms. The Morgan fingerprint density at radius 3 is 2.76 bits per heavy atom. The molecule has 1 aromatic rings. The van der Waals surface area contributed by atoms with Gasteiger partial charge in [-0.25, -0.2) is 0 Å². The van der Waals surface area contributed by atoms with Gasteiger partial charge in [-0.15, -0.1) is 0 Å². The van der Waals surface area contributed by atoms with Crippen LogP contribution in [0.3, 0.4) is 0 Å². The van der Waals surface area contributed by atoms with E-state index in [4.69, 9.17) is 5.73 Å². The molecular formula is C16H26N4O. The van der Waals surface area contributed by atoms with Crippen molar-refractivity contribution in [3.63, 3.8) is 0 Å². The maximum Gasteiger partial charge on any atom is 0.253 e. The number of anilines is 2. The van der Waals surface area contributed by atoms with Crippen molar-refractivity contribution in [1.29, 1.82) is 0 Å². The van der Waals surface area contributed by atoms with E-state index in [0.717, 1.165) is 24.6 Å². The number of hydrogen-bond donors (Lipinski definition) is 3. The van der Waals surface area contributed by atoms with Crippen molar-refractivity contribution in [2.24, 2.45) is 5.92 Å². The van der Waals surface area contributed by atoms with E-state index < -0.39 is 0 Å². The number of likely N-dealkylation sites (tertiary alicyclic amines) is 1. The fraction of sp³-hybridized carbons (Fsp3) is 0.562. The van der Waals surface area contributed by atoms with Gasteiger partial charge in [-0.3, -0.25) is 4.79 Å². The molecule has 0 aliphatic carbocycles. The first kappa shape index (κ1) is 15.6. The Morgan fingerprint density at radius 2 is 2.10 bits per heavy atom. The second-order valence-electron chi connectivity index (χ2n) is 5.85. The summed E-state index contributed by atoms with van der Waals surface area (Å²) in [5.41, 5.74) is 7.96. The topological polar surface area (TPSA) is 70.4 Å². The molecule has 0 radical (unpaired) electrons. The number of piperidine rings is 1. The van der Waals surface area contributed by atoms with Gasteiger partial charge in [0, 0.05) is 25.0 Å². The van der Waals surface area contributed by atoms with Gasteiger partial charge in [0.15, 0.2) is 0 Å². The minimum Gasteiger partial charge on any atom is -0.399 e. The molecule has 1 heterocycles. The standard InChI is InChI=1S/C16H26N4O/c1-18-16(21)14-4-3-13(17)11-15(14)19-8-5-12-6-9-20(2)10-7-12/h3-4,11-12,19H,5-10,17H2,1-2H3,(H,18,21). The normalized spacial score (nSPS) is 16.7. The second-order valence-corrected chi connectivity index (χ2v) is 5.85. The van der Waals surface area contributed by atoms with Gasteiger partial charge in [0.05, 0.1) is 5.56 Å². The van der Waals surface area contributed by atoms with Crippen LogP contribution in [0.2, 0.25) is 0 Å². The zero-order valence-corrected chi connectivity index (χ0v) is 13.0. The average molecular weight is 290 g/mol. The Labute approximate surface area is 126 Å². The lowest BCUT2D eigenvalue weighted by Crippen LogP contribution is -2.31. The van der Waals surface area contributed by atoms with Crippen LogP contribution in [0.5, 0.6) is 0 Å². The third-order valence-electron chi connectivity index (χ3n) is 4.22. The van der Waals surface area contributed by atoms with Crippen molar-refractivity contribution >= 4 is 17.3 Å². The summed E-state index contributed by atoms with van der Waals surface area (Å²) in [6, 6.07) is 5.36. The Morgan fingerprint density at radius 1 is 1.38 bits per heavy atom. The molecule has 21 heavy (non-hydrogen) atoms. The average Bonchev–Trinajstić information content (AvgIpc) is 2.49. The largest absolute Gasteiger partial charge is 0.399 e. The highest BCUT2D eigenvalue weighted by molar-refractivity contribution is 6.00. The van der Waals surface area contributed by atoms with Crippen molar-refractivity contribution in [3.8, 4) is 0 Å². The molecule has 1 aromatic carbocycles. The van der Waals surface area contributed by atoms with Crippen LogP contribution in [0.25, 0.3) is 0 Å². The number of carbonyl (C=O) groups is 1. The molecule has 0 saturated carbocycles. The van der Waals surface area contributed by atoms with Crippen LogP contribution >= 0.6 is 0 Å². The maximum atomic E-state index is 11.8. The number of nitrogen functional groups attached to an aromatic ring is 1. The smallest absolute Gasteiger partial charge is 0.253 e. The summed E-state index contributed by atoms with van der Waals surface area (Å²) in [6.45, 7) is 3.25. The minimum atomic E-state index is -0.0863. The highest BCUT2D eigenvalue weighted by atomic mass is 16.1. The number of amides is 1. The molecular weight excluding hydrogens is 264 g/mol. The van der Waals surface area contributed by atoms with E-state index in [2.05, 4.69) is 22.6 Å². The second kappa shape index (κ2) is 7.31. The molecule has 0 atom stereocenters. The van der Waals surface area contributed by atoms with Crippen LogP contribution in [0.1, 0.15) is 29.6 Å². The van der Waals surface area contributed by atoms with Gasteiger partial charge < -0.3 is 21.3 Å². The van der Waals surface area contributed by atoms with Crippen LogP contribution in [0.4, 0.5) is 11.4 Å². The Hall–Kier alpha value is -1.75. The summed E-state index contributed by atoms with van der Waals surface area (Å²) in [5.74, 6) is 0.690. The van der Waals surface area contributed by atoms with Crippen LogP contribution in [0.15, 0.2) is 18.2 Å². The highest BCUT2D eigenvalue weighted by Crippen LogP contribution is 2.22. The van der Waals surface area contributed by atoms with Gasteiger partial charge in [-0.1, -0.05) is 0 Å². The van der Waals surface area contributed by atoms with E-state index in [1.165, 1.54) is 25.9 Å². The number of benzene rings is 1. The molecule has 0 aromatic heterocycles. The zero-order valence-electron chi connectivity index (χ0n) is 13.0. The fourth-order valence-electron chi connectivity index (χ4n) is 2.80. The van der Waals surface area contributed by atoms with E-state index in [-0.39, 0.29) is 5.91 Å². The van der Waals surface area contributed by atoms with Crippen molar-refractivity contribution in [1.82, 2.24) is 10.2 Å². The monoisotopic (exact) mass is 290 g/mol. The zero-order chi connectivity index (χ0) is 15.2. The summed E-state index contributed by atoms with van der Waals surface area (Å²) < 4.78 is 0. The summed E-state index contributed by atoms with van der Waals surface area (Å²) in [7, 11) is 3.82. The maximum absolute atomic E-state index is 11.8. The van der Waals surface area contributed by atoms with Crippen LogP contribution in [-0.4, -0.2) is 44.5 Å². The van der Waals surface area contributed by atoms with Crippen LogP contribution in [-0.2, 0) is 0 Å². The SMILES string of the molecule is CNC(=O)c1ccc(N)cc1NCCC1CCN(C)CC1.